The summed E-state index contributed by atoms with van der Waals surface area (Å²) in [4.78, 5) is 2.08. The van der Waals surface area contributed by atoms with Crippen LogP contribution in [0.3, 0.4) is 0 Å². The molecule has 0 aromatic heterocycles. The van der Waals surface area contributed by atoms with Gasteiger partial charge >= 0.3 is 0 Å². The molecular formula is C12H18BrNO2. The Labute approximate surface area is 105 Å². The van der Waals surface area contributed by atoms with Crippen molar-refractivity contribution in [2.45, 2.75) is 13.0 Å². The van der Waals surface area contributed by atoms with E-state index in [4.69, 9.17) is 4.74 Å². The van der Waals surface area contributed by atoms with Crippen LogP contribution in [0.5, 0.6) is 0 Å². The van der Waals surface area contributed by atoms with E-state index in [2.05, 4.69) is 20.8 Å². The fraction of sp³-hybridized carbons (Fsp3) is 0.500. The van der Waals surface area contributed by atoms with Gasteiger partial charge in [0.05, 0.1) is 12.7 Å². The van der Waals surface area contributed by atoms with Crippen molar-refractivity contribution in [3.8, 4) is 0 Å². The predicted molar refractivity (Wildman–Crippen MR) is 69.9 cm³/mol. The van der Waals surface area contributed by atoms with Crippen molar-refractivity contribution in [2.24, 2.45) is 0 Å². The highest BCUT2D eigenvalue weighted by molar-refractivity contribution is 9.10. The third-order valence-electron chi connectivity index (χ3n) is 2.48. The van der Waals surface area contributed by atoms with Crippen LogP contribution in [0, 0.1) is 0 Å². The van der Waals surface area contributed by atoms with Crippen molar-refractivity contribution >= 4 is 21.6 Å². The molecule has 3 nitrogen and oxygen atoms in total. The fourth-order valence-corrected chi connectivity index (χ4v) is 1.94. The van der Waals surface area contributed by atoms with Crippen molar-refractivity contribution in [3.05, 3.63) is 28.2 Å². The molecule has 1 aromatic carbocycles. The molecule has 1 aromatic rings. The zero-order chi connectivity index (χ0) is 12.1. The van der Waals surface area contributed by atoms with E-state index in [1.54, 1.807) is 14.0 Å². The van der Waals surface area contributed by atoms with Gasteiger partial charge in [-0.2, -0.15) is 0 Å². The first-order valence-electron chi connectivity index (χ1n) is 5.24. The molecule has 0 aliphatic carbocycles. The second-order valence-electron chi connectivity index (χ2n) is 3.79. The van der Waals surface area contributed by atoms with Crippen molar-refractivity contribution in [1.82, 2.24) is 0 Å². The first-order valence-corrected chi connectivity index (χ1v) is 6.03. The molecule has 0 heterocycles. The summed E-state index contributed by atoms with van der Waals surface area (Å²) in [6, 6.07) is 5.93. The number of likely N-dealkylation sites (N-methyl/N-ethyl adjacent to an activating group) is 1. The molecule has 90 valence electrons. The number of nitrogens with zero attached hydrogens (tertiary/aromatic N) is 1. The van der Waals surface area contributed by atoms with Crippen molar-refractivity contribution < 1.29 is 9.84 Å². The van der Waals surface area contributed by atoms with Crippen LogP contribution in [0.15, 0.2) is 22.7 Å². The Balaban J connectivity index is 2.93. The number of aliphatic hydroxyl groups is 1. The molecule has 1 unspecified atom stereocenters. The summed E-state index contributed by atoms with van der Waals surface area (Å²) in [7, 11) is 3.68. The molecule has 0 bridgehead atoms. The molecule has 4 heteroatoms. The Morgan fingerprint density at radius 2 is 2.19 bits per heavy atom. The molecule has 0 fully saturated rings. The fourth-order valence-electron chi connectivity index (χ4n) is 1.56. The van der Waals surface area contributed by atoms with Gasteiger partial charge in [-0.05, 0) is 25.1 Å². The number of hydrogen-bond acceptors (Lipinski definition) is 3. The molecule has 0 aliphatic rings. The molecule has 0 aliphatic heterocycles. The number of aliphatic hydroxyl groups excluding tert-OH is 1. The Morgan fingerprint density at radius 3 is 2.75 bits per heavy atom. The van der Waals surface area contributed by atoms with Gasteiger partial charge in [0.15, 0.2) is 0 Å². The SMILES string of the molecule is COCCN(C)c1ccc(Br)cc1C(C)O. The normalized spacial score (nSPS) is 12.6. The van der Waals surface area contributed by atoms with Crippen LogP contribution in [-0.4, -0.2) is 32.4 Å². The highest BCUT2D eigenvalue weighted by atomic mass is 79.9. The Hall–Kier alpha value is -0.580. The third kappa shape index (κ3) is 3.47. The number of hydrogen-bond donors (Lipinski definition) is 1. The summed E-state index contributed by atoms with van der Waals surface area (Å²) < 4.78 is 6.02. The lowest BCUT2D eigenvalue weighted by molar-refractivity contribution is 0.197. The quantitative estimate of drug-likeness (QED) is 0.904. The lowest BCUT2D eigenvalue weighted by Crippen LogP contribution is -2.23. The molecule has 0 radical (unpaired) electrons. The minimum Gasteiger partial charge on any atom is -0.389 e. The number of benzene rings is 1. The van der Waals surface area contributed by atoms with Gasteiger partial charge in [0, 0.05) is 36.4 Å². The van der Waals surface area contributed by atoms with Gasteiger partial charge in [-0.25, -0.2) is 0 Å². The summed E-state index contributed by atoms with van der Waals surface area (Å²) in [6.45, 7) is 3.25. The zero-order valence-corrected chi connectivity index (χ0v) is 11.5. The van der Waals surface area contributed by atoms with Crippen LogP contribution in [0.4, 0.5) is 5.69 Å². The molecule has 1 atom stereocenters. The Bertz CT molecular complexity index is 342. The molecule has 0 spiro atoms. The lowest BCUT2D eigenvalue weighted by Gasteiger charge is -2.23. The van der Waals surface area contributed by atoms with Gasteiger partial charge in [-0.3, -0.25) is 0 Å². The van der Waals surface area contributed by atoms with Crippen molar-refractivity contribution in [2.75, 3.05) is 32.2 Å². The second kappa shape index (κ2) is 6.23. The van der Waals surface area contributed by atoms with Crippen LogP contribution in [-0.2, 0) is 4.74 Å². The largest absolute Gasteiger partial charge is 0.389 e. The lowest BCUT2D eigenvalue weighted by atomic mass is 10.1. The van der Waals surface area contributed by atoms with E-state index in [9.17, 15) is 5.11 Å². The maximum absolute atomic E-state index is 9.72. The summed E-state index contributed by atoms with van der Waals surface area (Å²) in [5, 5.41) is 9.72. The van der Waals surface area contributed by atoms with Crippen LogP contribution in [0.2, 0.25) is 0 Å². The van der Waals surface area contributed by atoms with Crippen molar-refractivity contribution in [1.29, 1.82) is 0 Å². The molecular weight excluding hydrogens is 270 g/mol. The van der Waals surface area contributed by atoms with Crippen LogP contribution in [0.25, 0.3) is 0 Å². The molecule has 0 saturated carbocycles. The summed E-state index contributed by atoms with van der Waals surface area (Å²) >= 11 is 3.41. The first kappa shape index (κ1) is 13.5. The van der Waals surface area contributed by atoms with E-state index in [1.807, 2.05) is 25.2 Å². The minimum atomic E-state index is -0.475. The smallest absolute Gasteiger partial charge is 0.0782 e. The average Bonchev–Trinajstić information content (AvgIpc) is 2.25. The van der Waals surface area contributed by atoms with E-state index >= 15 is 0 Å². The molecule has 16 heavy (non-hydrogen) atoms. The summed E-state index contributed by atoms with van der Waals surface area (Å²) in [5.41, 5.74) is 1.96. The van der Waals surface area contributed by atoms with Crippen LogP contribution < -0.4 is 4.90 Å². The standard InChI is InChI=1S/C12H18BrNO2/c1-9(15)11-8-10(13)4-5-12(11)14(2)6-7-16-3/h4-5,8-9,15H,6-7H2,1-3H3. The monoisotopic (exact) mass is 287 g/mol. The molecule has 0 amide bonds. The number of anilines is 1. The van der Waals surface area contributed by atoms with E-state index in [0.29, 0.717) is 6.61 Å². The minimum absolute atomic E-state index is 0.475. The van der Waals surface area contributed by atoms with Crippen LogP contribution >= 0.6 is 15.9 Å². The number of halogens is 1. The molecule has 1 rings (SSSR count). The Morgan fingerprint density at radius 1 is 1.50 bits per heavy atom. The average molecular weight is 288 g/mol. The maximum Gasteiger partial charge on any atom is 0.0782 e. The number of ether oxygens (including phenoxy) is 1. The van der Waals surface area contributed by atoms with Gasteiger partial charge < -0.3 is 14.7 Å². The van der Waals surface area contributed by atoms with E-state index < -0.39 is 6.10 Å². The van der Waals surface area contributed by atoms with Gasteiger partial charge in [-0.1, -0.05) is 15.9 Å². The Kier molecular flexibility index (Phi) is 5.25. The van der Waals surface area contributed by atoms with Gasteiger partial charge in [-0.15, -0.1) is 0 Å². The highest BCUT2D eigenvalue weighted by Gasteiger charge is 2.11. The van der Waals surface area contributed by atoms with Crippen molar-refractivity contribution in [3.63, 3.8) is 0 Å². The summed E-state index contributed by atoms with van der Waals surface area (Å²) in [5.74, 6) is 0. The van der Waals surface area contributed by atoms with Gasteiger partial charge in [0.25, 0.3) is 0 Å². The topological polar surface area (TPSA) is 32.7 Å². The second-order valence-corrected chi connectivity index (χ2v) is 4.71. The molecule has 1 N–H and O–H groups in total. The van der Waals surface area contributed by atoms with Crippen LogP contribution in [0.1, 0.15) is 18.6 Å². The number of methoxy groups -OCH3 is 1. The summed E-state index contributed by atoms with van der Waals surface area (Å²) in [6.07, 6.45) is -0.475. The highest BCUT2D eigenvalue weighted by Crippen LogP contribution is 2.28. The van der Waals surface area contributed by atoms with E-state index in [1.165, 1.54) is 0 Å². The molecule has 0 saturated heterocycles. The van der Waals surface area contributed by atoms with Gasteiger partial charge in [0.1, 0.15) is 0 Å². The predicted octanol–water partition coefficient (Wildman–Crippen LogP) is 2.59. The first-order chi connectivity index (χ1) is 7.56. The van der Waals surface area contributed by atoms with E-state index in [0.717, 1.165) is 22.3 Å². The maximum atomic E-state index is 9.72. The van der Waals surface area contributed by atoms with Gasteiger partial charge in [0.2, 0.25) is 0 Å². The van der Waals surface area contributed by atoms with E-state index in [-0.39, 0.29) is 0 Å². The third-order valence-corrected chi connectivity index (χ3v) is 2.97. The zero-order valence-electron chi connectivity index (χ0n) is 9.90. The number of rotatable bonds is 5.